The number of hydrogen-bond donors (Lipinski definition) is 3. The van der Waals surface area contributed by atoms with E-state index in [2.05, 4.69) is 25.7 Å². The van der Waals surface area contributed by atoms with Gasteiger partial charge in [-0.1, -0.05) is 25.4 Å². The summed E-state index contributed by atoms with van der Waals surface area (Å²) >= 11 is 5.96. The van der Waals surface area contributed by atoms with Crippen LogP contribution in [0, 0.1) is 5.92 Å². The summed E-state index contributed by atoms with van der Waals surface area (Å²) in [5.41, 5.74) is 2.63. The lowest BCUT2D eigenvalue weighted by molar-refractivity contribution is 0.0935. The molecular formula is C20H24ClFN6O2. The molecule has 1 unspecified atom stereocenters. The Morgan fingerprint density at radius 3 is 2.83 bits per heavy atom. The second-order valence-corrected chi connectivity index (χ2v) is 7.62. The molecule has 3 aromatic heterocycles. The number of carbonyl (C=O) groups excluding carboxylic acids is 1. The maximum atomic E-state index is 13.9. The molecule has 1 atom stereocenters. The van der Waals surface area contributed by atoms with E-state index in [9.17, 15) is 9.18 Å². The summed E-state index contributed by atoms with van der Waals surface area (Å²) < 4.78 is 15.4. The highest BCUT2D eigenvalue weighted by molar-refractivity contribution is 6.30. The minimum absolute atomic E-state index is 0.0170. The molecule has 30 heavy (non-hydrogen) atoms. The van der Waals surface area contributed by atoms with Gasteiger partial charge in [0.05, 0.1) is 39.9 Å². The van der Waals surface area contributed by atoms with E-state index in [1.807, 2.05) is 0 Å². The Morgan fingerprint density at radius 2 is 2.10 bits per heavy atom. The zero-order valence-corrected chi connectivity index (χ0v) is 17.5. The van der Waals surface area contributed by atoms with E-state index in [1.165, 1.54) is 12.4 Å². The first-order valence-electron chi connectivity index (χ1n) is 9.67. The predicted molar refractivity (Wildman–Crippen MR) is 113 cm³/mol. The van der Waals surface area contributed by atoms with Gasteiger partial charge in [-0.25, -0.2) is 13.9 Å². The molecule has 0 saturated heterocycles. The van der Waals surface area contributed by atoms with E-state index < -0.39 is 12.1 Å². The van der Waals surface area contributed by atoms with Crippen molar-refractivity contribution in [3.8, 4) is 11.3 Å². The molecule has 0 aromatic carbocycles. The number of aliphatic hydroxyl groups excluding tert-OH is 1. The summed E-state index contributed by atoms with van der Waals surface area (Å²) in [5, 5.41) is 19.5. The van der Waals surface area contributed by atoms with Crippen LogP contribution in [0.5, 0.6) is 0 Å². The summed E-state index contributed by atoms with van der Waals surface area (Å²) in [7, 11) is 0. The number of nitrogens with zero attached hydrogens (tertiary/aromatic N) is 4. The highest BCUT2D eigenvalue weighted by Gasteiger charge is 2.18. The van der Waals surface area contributed by atoms with Crippen LogP contribution < -0.4 is 10.6 Å². The van der Waals surface area contributed by atoms with Gasteiger partial charge in [-0.2, -0.15) is 5.10 Å². The van der Waals surface area contributed by atoms with Crippen LogP contribution in [0.4, 0.5) is 10.1 Å². The Labute approximate surface area is 178 Å². The standard InChI is InChI=1S/C20H24ClFN6O2/c1-12(2)16(22)10-26-20(30)15-8-24-17(6-18(15)23-4-3-5-29)14-9-27-28-11-13(21)7-25-19(14)28/h6-9,11-12,16,29H,3-5,10H2,1-2H3,(H,23,24)(H,26,30). The number of nitrogens with one attached hydrogen (secondary N) is 2. The van der Waals surface area contributed by atoms with Gasteiger partial charge in [-0.15, -0.1) is 0 Å². The lowest BCUT2D eigenvalue weighted by Gasteiger charge is -2.15. The number of aliphatic hydroxyl groups is 1. The first-order valence-corrected chi connectivity index (χ1v) is 10.0. The van der Waals surface area contributed by atoms with E-state index in [-0.39, 0.29) is 19.1 Å². The van der Waals surface area contributed by atoms with Crippen LogP contribution in [-0.2, 0) is 0 Å². The maximum absolute atomic E-state index is 13.9. The zero-order chi connectivity index (χ0) is 21.7. The molecule has 3 rings (SSSR count). The smallest absolute Gasteiger partial charge is 0.255 e. The highest BCUT2D eigenvalue weighted by atomic mass is 35.5. The largest absolute Gasteiger partial charge is 0.396 e. The number of carbonyl (C=O) groups is 1. The Hall–Kier alpha value is -2.78. The SMILES string of the molecule is CC(C)C(F)CNC(=O)c1cnc(-c2cnn3cc(Cl)cnc23)cc1NCCCO. The molecule has 0 aliphatic rings. The second-order valence-electron chi connectivity index (χ2n) is 7.19. The van der Waals surface area contributed by atoms with Crippen molar-refractivity contribution in [1.82, 2.24) is 24.9 Å². The van der Waals surface area contributed by atoms with Gasteiger partial charge < -0.3 is 15.7 Å². The molecule has 3 N–H and O–H groups in total. The van der Waals surface area contributed by atoms with Crippen LogP contribution in [0.1, 0.15) is 30.6 Å². The van der Waals surface area contributed by atoms with Crippen LogP contribution in [0.15, 0.2) is 30.9 Å². The number of hydrogen-bond acceptors (Lipinski definition) is 6. The maximum Gasteiger partial charge on any atom is 0.255 e. The van der Waals surface area contributed by atoms with Crippen molar-refractivity contribution in [1.29, 1.82) is 0 Å². The normalized spacial score (nSPS) is 12.3. The molecule has 0 radical (unpaired) electrons. The van der Waals surface area contributed by atoms with Crippen LogP contribution in [0.2, 0.25) is 5.02 Å². The van der Waals surface area contributed by atoms with Crippen LogP contribution in [0.3, 0.4) is 0 Å². The molecule has 0 bridgehead atoms. The summed E-state index contributed by atoms with van der Waals surface area (Å²) in [6, 6.07) is 1.72. The molecule has 3 aromatic rings. The predicted octanol–water partition coefficient (Wildman–Crippen LogP) is 2.96. The first-order chi connectivity index (χ1) is 14.4. The summed E-state index contributed by atoms with van der Waals surface area (Å²) in [4.78, 5) is 21.3. The molecule has 0 fully saturated rings. The van der Waals surface area contributed by atoms with Gasteiger partial charge in [0.1, 0.15) is 6.17 Å². The minimum atomic E-state index is -1.14. The fourth-order valence-corrected chi connectivity index (χ4v) is 2.93. The Balaban J connectivity index is 1.91. The number of halogens is 2. The van der Waals surface area contributed by atoms with Gasteiger partial charge in [0.2, 0.25) is 0 Å². The fraction of sp³-hybridized carbons (Fsp3) is 0.400. The number of pyridine rings is 1. The van der Waals surface area contributed by atoms with Crippen molar-refractivity contribution in [2.24, 2.45) is 5.92 Å². The van der Waals surface area contributed by atoms with Crippen LogP contribution in [-0.4, -0.2) is 56.5 Å². The van der Waals surface area contributed by atoms with Gasteiger partial charge in [0.25, 0.3) is 5.91 Å². The van der Waals surface area contributed by atoms with E-state index in [0.29, 0.717) is 46.1 Å². The van der Waals surface area contributed by atoms with Crippen molar-refractivity contribution in [2.75, 3.05) is 25.0 Å². The molecular weight excluding hydrogens is 411 g/mol. The number of aromatic nitrogens is 4. The Morgan fingerprint density at radius 1 is 1.30 bits per heavy atom. The molecule has 1 amide bonds. The van der Waals surface area contributed by atoms with Crippen LogP contribution in [0.25, 0.3) is 16.9 Å². The lowest BCUT2D eigenvalue weighted by atomic mass is 10.1. The number of rotatable bonds is 9. The van der Waals surface area contributed by atoms with E-state index in [4.69, 9.17) is 16.7 Å². The first kappa shape index (κ1) is 21.9. The number of anilines is 1. The van der Waals surface area contributed by atoms with Gasteiger partial charge in [0.15, 0.2) is 5.65 Å². The number of alkyl halides is 1. The van der Waals surface area contributed by atoms with E-state index >= 15 is 0 Å². The Bertz CT molecular complexity index is 1030. The highest BCUT2D eigenvalue weighted by Crippen LogP contribution is 2.26. The van der Waals surface area contributed by atoms with E-state index in [1.54, 1.807) is 36.8 Å². The lowest BCUT2D eigenvalue weighted by Crippen LogP contribution is -2.33. The van der Waals surface area contributed by atoms with Gasteiger partial charge in [-0.05, 0) is 18.4 Å². The third-order valence-electron chi connectivity index (χ3n) is 4.58. The van der Waals surface area contributed by atoms with E-state index in [0.717, 1.165) is 0 Å². The Kier molecular flexibility index (Phi) is 7.17. The van der Waals surface area contributed by atoms with Crippen molar-refractivity contribution in [3.63, 3.8) is 0 Å². The molecule has 3 heterocycles. The third-order valence-corrected chi connectivity index (χ3v) is 4.78. The van der Waals surface area contributed by atoms with Crippen LogP contribution >= 0.6 is 11.6 Å². The summed E-state index contributed by atoms with van der Waals surface area (Å²) in [5.74, 6) is -0.613. The molecule has 10 heteroatoms. The summed E-state index contributed by atoms with van der Waals surface area (Å²) in [6.07, 6.45) is 5.59. The van der Waals surface area contributed by atoms with Crippen molar-refractivity contribution >= 4 is 28.8 Å². The second kappa shape index (κ2) is 9.82. The number of fused-ring (bicyclic) bond motifs is 1. The number of amides is 1. The van der Waals surface area contributed by atoms with Gasteiger partial charge >= 0.3 is 0 Å². The fourth-order valence-electron chi connectivity index (χ4n) is 2.79. The molecule has 0 aliphatic carbocycles. The topological polar surface area (TPSA) is 104 Å². The van der Waals surface area contributed by atoms with Crippen molar-refractivity contribution < 1.29 is 14.3 Å². The van der Waals surface area contributed by atoms with Gasteiger partial charge in [0, 0.05) is 32.1 Å². The summed E-state index contributed by atoms with van der Waals surface area (Å²) in [6.45, 7) is 3.91. The van der Waals surface area contributed by atoms with Crippen molar-refractivity contribution in [3.05, 3.63) is 41.4 Å². The molecule has 160 valence electrons. The van der Waals surface area contributed by atoms with Crippen molar-refractivity contribution in [2.45, 2.75) is 26.4 Å². The monoisotopic (exact) mass is 434 g/mol. The average molecular weight is 435 g/mol. The third kappa shape index (κ3) is 5.03. The zero-order valence-electron chi connectivity index (χ0n) is 16.8. The molecule has 0 aliphatic heterocycles. The average Bonchev–Trinajstić information content (AvgIpc) is 3.14. The minimum Gasteiger partial charge on any atom is -0.396 e. The molecule has 8 nitrogen and oxygen atoms in total. The quantitative estimate of drug-likeness (QED) is 0.447. The van der Waals surface area contributed by atoms with Gasteiger partial charge in [-0.3, -0.25) is 9.78 Å². The molecule has 0 spiro atoms. The molecule has 0 saturated carbocycles.